The molecular formula is C17H19ClN4O2. The van der Waals surface area contributed by atoms with Crippen molar-refractivity contribution >= 4 is 23.5 Å². The Bertz CT molecular complexity index is 670. The van der Waals surface area contributed by atoms with E-state index in [9.17, 15) is 4.79 Å². The summed E-state index contributed by atoms with van der Waals surface area (Å²) in [5.41, 5.74) is 1.69. The molecule has 0 unspecified atom stereocenters. The number of amides is 1. The van der Waals surface area contributed by atoms with Crippen LogP contribution in [0.5, 0.6) is 0 Å². The highest BCUT2D eigenvalue weighted by molar-refractivity contribution is 6.30. The molecule has 1 aromatic carbocycles. The second-order valence-corrected chi connectivity index (χ2v) is 5.94. The summed E-state index contributed by atoms with van der Waals surface area (Å²) in [6.07, 6.45) is 3.97. The lowest BCUT2D eigenvalue weighted by molar-refractivity contribution is 0.0302. The molecule has 2 heterocycles. The smallest absolute Gasteiger partial charge is 0.257 e. The van der Waals surface area contributed by atoms with Gasteiger partial charge in [0, 0.05) is 37.1 Å². The number of anilines is 1. The third-order valence-corrected chi connectivity index (χ3v) is 4.06. The van der Waals surface area contributed by atoms with Crippen LogP contribution in [-0.2, 0) is 11.2 Å². The summed E-state index contributed by atoms with van der Waals surface area (Å²) in [5.74, 6) is 0.466. The van der Waals surface area contributed by atoms with Crippen molar-refractivity contribution in [1.82, 2.24) is 14.9 Å². The standard InChI is InChI=1S/C17H19ClN4O2/c18-15-3-1-13(2-4-15)5-6-19-17-20-11-14(12-21-17)16(23)22-7-9-24-10-8-22/h1-4,11-12H,5-10H2,(H,19,20,21). The summed E-state index contributed by atoms with van der Waals surface area (Å²) in [5, 5.41) is 3.89. The minimum Gasteiger partial charge on any atom is -0.378 e. The molecule has 2 aromatic rings. The van der Waals surface area contributed by atoms with Crippen molar-refractivity contribution in [3.8, 4) is 0 Å². The van der Waals surface area contributed by atoms with Crippen molar-refractivity contribution in [3.05, 3.63) is 52.8 Å². The highest BCUT2D eigenvalue weighted by atomic mass is 35.5. The molecule has 1 aliphatic rings. The second-order valence-electron chi connectivity index (χ2n) is 5.50. The number of halogens is 1. The number of nitrogens with one attached hydrogen (secondary N) is 1. The molecule has 0 bridgehead atoms. The Morgan fingerprint density at radius 2 is 1.83 bits per heavy atom. The molecule has 0 atom stereocenters. The molecule has 1 fully saturated rings. The van der Waals surface area contributed by atoms with Gasteiger partial charge in [-0.1, -0.05) is 23.7 Å². The lowest BCUT2D eigenvalue weighted by atomic mass is 10.1. The summed E-state index contributed by atoms with van der Waals surface area (Å²) in [6.45, 7) is 3.09. The normalized spacial score (nSPS) is 14.5. The van der Waals surface area contributed by atoms with Crippen molar-refractivity contribution in [2.24, 2.45) is 0 Å². The number of hydrogen-bond acceptors (Lipinski definition) is 5. The van der Waals surface area contributed by atoms with E-state index in [-0.39, 0.29) is 5.91 Å². The van der Waals surface area contributed by atoms with Crippen LogP contribution in [0.25, 0.3) is 0 Å². The fourth-order valence-electron chi connectivity index (χ4n) is 2.45. The van der Waals surface area contributed by atoms with E-state index in [1.165, 1.54) is 5.56 Å². The first-order valence-corrected chi connectivity index (χ1v) is 8.27. The molecule has 0 saturated carbocycles. The van der Waals surface area contributed by atoms with Gasteiger partial charge in [-0.3, -0.25) is 4.79 Å². The molecule has 1 aliphatic heterocycles. The summed E-state index contributed by atoms with van der Waals surface area (Å²) in [7, 11) is 0. The zero-order valence-corrected chi connectivity index (χ0v) is 14.0. The van der Waals surface area contributed by atoms with E-state index in [4.69, 9.17) is 16.3 Å². The molecular weight excluding hydrogens is 328 g/mol. The van der Waals surface area contributed by atoms with Gasteiger partial charge in [-0.15, -0.1) is 0 Å². The highest BCUT2D eigenvalue weighted by Gasteiger charge is 2.18. The van der Waals surface area contributed by atoms with Crippen molar-refractivity contribution < 1.29 is 9.53 Å². The SMILES string of the molecule is O=C(c1cnc(NCCc2ccc(Cl)cc2)nc1)N1CCOCC1. The third-order valence-electron chi connectivity index (χ3n) is 3.81. The largest absolute Gasteiger partial charge is 0.378 e. The van der Waals surface area contributed by atoms with Crippen LogP contribution in [0.2, 0.25) is 5.02 Å². The monoisotopic (exact) mass is 346 g/mol. The molecule has 126 valence electrons. The maximum atomic E-state index is 12.3. The maximum Gasteiger partial charge on any atom is 0.257 e. The third kappa shape index (κ3) is 4.43. The number of morpholine rings is 1. The van der Waals surface area contributed by atoms with Gasteiger partial charge < -0.3 is 15.0 Å². The fraction of sp³-hybridized carbons (Fsp3) is 0.353. The number of nitrogens with zero attached hydrogens (tertiary/aromatic N) is 3. The number of carbonyl (C=O) groups excluding carboxylic acids is 1. The van der Waals surface area contributed by atoms with Gasteiger partial charge in [0.25, 0.3) is 5.91 Å². The minimum absolute atomic E-state index is 0.0500. The van der Waals surface area contributed by atoms with E-state index < -0.39 is 0 Å². The molecule has 3 rings (SSSR count). The topological polar surface area (TPSA) is 67.4 Å². The zero-order chi connectivity index (χ0) is 16.8. The van der Waals surface area contributed by atoms with Crippen LogP contribution in [0.4, 0.5) is 5.95 Å². The maximum absolute atomic E-state index is 12.3. The predicted octanol–water partition coefficient (Wildman–Crippen LogP) is 2.26. The Hall–Kier alpha value is -2.18. The highest BCUT2D eigenvalue weighted by Crippen LogP contribution is 2.10. The lowest BCUT2D eigenvalue weighted by Gasteiger charge is -2.26. The summed E-state index contributed by atoms with van der Waals surface area (Å²) >= 11 is 5.86. The van der Waals surface area contributed by atoms with Crippen LogP contribution >= 0.6 is 11.6 Å². The van der Waals surface area contributed by atoms with Gasteiger partial charge in [-0.25, -0.2) is 9.97 Å². The number of rotatable bonds is 5. The summed E-state index contributed by atoms with van der Waals surface area (Å²) < 4.78 is 5.25. The van der Waals surface area contributed by atoms with Crippen LogP contribution in [-0.4, -0.2) is 53.6 Å². The quantitative estimate of drug-likeness (QED) is 0.899. The number of carbonyl (C=O) groups is 1. The Kier molecular flexibility index (Phi) is 5.61. The van der Waals surface area contributed by atoms with Crippen molar-refractivity contribution in [3.63, 3.8) is 0 Å². The van der Waals surface area contributed by atoms with Crippen LogP contribution in [0, 0.1) is 0 Å². The summed E-state index contributed by atoms with van der Waals surface area (Å²) in [6, 6.07) is 7.74. The molecule has 7 heteroatoms. The van der Waals surface area contributed by atoms with E-state index in [2.05, 4.69) is 15.3 Å². The molecule has 6 nitrogen and oxygen atoms in total. The Morgan fingerprint density at radius 1 is 1.17 bits per heavy atom. The average molecular weight is 347 g/mol. The van der Waals surface area contributed by atoms with Crippen molar-refractivity contribution in [2.45, 2.75) is 6.42 Å². The van der Waals surface area contributed by atoms with Crippen LogP contribution < -0.4 is 5.32 Å². The van der Waals surface area contributed by atoms with Crippen LogP contribution in [0.15, 0.2) is 36.7 Å². The van der Waals surface area contributed by atoms with Crippen molar-refractivity contribution in [1.29, 1.82) is 0 Å². The Morgan fingerprint density at radius 3 is 2.50 bits per heavy atom. The number of aromatic nitrogens is 2. The Labute approximate surface area is 145 Å². The van der Waals surface area contributed by atoms with Gasteiger partial charge >= 0.3 is 0 Å². The first-order chi connectivity index (χ1) is 11.7. The Balaban J connectivity index is 1.50. The number of benzene rings is 1. The first kappa shape index (κ1) is 16.7. The molecule has 0 radical (unpaired) electrons. The number of hydrogen-bond donors (Lipinski definition) is 1. The predicted molar refractivity (Wildman–Crippen MR) is 92.4 cm³/mol. The first-order valence-electron chi connectivity index (χ1n) is 7.90. The molecule has 1 aromatic heterocycles. The van der Waals surface area contributed by atoms with Gasteiger partial charge in [0.05, 0.1) is 18.8 Å². The molecule has 0 aliphatic carbocycles. The van der Waals surface area contributed by atoms with E-state index in [1.54, 1.807) is 17.3 Å². The molecule has 1 amide bonds. The zero-order valence-electron chi connectivity index (χ0n) is 13.2. The van der Waals surface area contributed by atoms with Crippen LogP contribution in [0.1, 0.15) is 15.9 Å². The number of ether oxygens (including phenoxy) is 1. The molecule has 1 N–H and O–H groups in total. The molecule has 1 saturated heterocycles. The molecule has 0 spiro atoms. The van der Waals surface area contributed by atoms with Gasteiger partial charge in [-0.05, 0) is 24.1 Å². The molecule has 24 heavy (non-hydrogen) atoms. The van der Waals surface area contributed by atoms with Gasteiger partial charge in [0.2, 0.25) is 5.95 Å². The minimum atomic E-state index is -0.0500. The van der Waals surface area contributed by atoms with Crippen LogP contribution in [0.3, 0.4) is 0 Å². The van der Waals surface area contributed by atoms with E-state index in [1.807, 2.05) is 24.3 Å². The lowest BCUT2D eigenvalue weighted by Crippen LogP contribution is -2.40. The van der Waals surface area contributed by atoms with Gasteiger partial charge in [0.1, 0.15) is 0 Å². The van der Waals surface area contributed by atoms with Gasteiger partial charge in [-0.2, -0.15) is 0 Å². The van der Waals surface area contributed by atoms with Gasteiger partial charge in [0.15, 0.2) is 0 Å². The fourth-order valence-corrected chi connectivity index (χ4v) is 2.57. The van der Waals surface area contributed by atoms with E-state index >= 15 is 0 Å². The second kappa shape index (κ2) is 8.08. The van der Waals surface area contributed by atoms with Crippen molar-refractivity contribution in [2.75, 3.05) is 38.2 Å². The van der Waals surface area contributed by atoms with E-state index in [0.717, 1.165) is 11.4 Å². The average Bonchev–Trinajstić information content (AvgIpc) is 2.64. The van der Waals surface area contributed by atoms with E-state index in [0.29, 0.717) is 44.4 Å². The summed E-state index contributed by atoms with van der Waals surface area (Å²) in [4.78, 5) is 22.5.